The van der Waals surface area contributed by atoms with Crippen LogP contribution in [0.2, 0.25) is 0 Å². The molecule has 0 bridgehead atoms. The van der Waals surface area contributed by atoms with Crippen molar-refractivity contribution in [2.24, 2.45) is 7.05 Å². The largest absolute Gasteiger partial charge is 0.271 e. The molecule has 0 aliphatic carbocycles. The molecule has 0 aliphatic heterocycles. The van der Waals surface area contributed by atoms with E-state index in [1.54, 1.807) is 25.6 Å². The van der Waals surface area contributed by atoms with Gasteiger partial charge in [0.15, 0.2) is 0 Å². The van der Waals surface area contributed by atoms with Gasteiger partial charge in [-0.1, -0.05) is 0 Å². The van der Waals surface area contributed by atoms with Gasteiger partial charge in [0.05, 0.1) is 11.4 Å². The summed E-state index contributed by atoms with van der Waals surface area (Å²) in [5.74, 6) is 0.461. The van der Waals surface area contributed by atoms with Crippen molar-refractivity contribution in [3.8, 4) is 0 Å². The summed E-state index contributed by atoms with van der Waals surface area (Å²) < 4.78 is 27.9. The monoisotopic (exact) mass is 313 g/mol. The second-order valence-corrected chi connectivity index (χ2v) is 6.54. The molecule has 0 saturated heterocycles. The van der Waals surface area contributed by atoms with E-state index in [1.807, 2.05) is 0 Å². The Kier molecular flexibility index (Phi) is 5.46. The van der Waals surface area contributed by atoms with E-state index < -0.39 is 10.0 Å². The van der Waals surface area contributed by atoms with Crippen LogP contribution in [0.4, 0.5) is 0 Å². The lowest BCUT2D eigenvalue weighted by atomic mass is 10.4. The van der Waals surface area contributed by atoms with Gasteiger partial charge in [-0.3, -0.25) is 4.68 Å². The molecule has 0 fully saturated rings. The van der Waals surface area contributed by atoms with Crippen LogP contribution in [0, 0.1) is 13.8 Å². The lowest BCUT2D eigenvalue weighted by Gasteiger charge is -2.20. The van der Waals surface area contributed by atoms with E-state index in [4.69, 9.17) is 23.2 Å². The van der Waals surface area contributed by atoms with E-state index in [0.29, 0.717) is 11.4 Å². The fourth-order valence-electron chi connectivity index (χ4n) is 1.80. The molecule has 0 amide bonds. The van der Waals surface area contributed by atoms with Crippen molar-refractivity contribution in [3.63, 3.8) is 0 Å². The number of sulfonamides is 1. The highest BCUT2D eigenvalue weighted by atomic mass is 35.5. The zero-order valence-corrected chi connectivity index (χ0v) is 13.0. The molecular weight excluding hydrogens is 297 g/mol. The first-order chi connectivity index (χ1) is 8.36. The summed E-state index contributed by atoms with van der Waals surface area (Å²) in [5, 5.41) is 4.12. The summed E-state index contributed by atoms with van der Waals surface area (Å²) >= 11 is 11.3. The maximum absolute atomic E-state index is 12.5. The highest BCUT2D eigenvalue weighted by Crippen LogP contribution is 2.22. The topological polar surface area (TPSA) is 55.2 Å². The van der Waals surface area contributed by atoms with Gasteiger partial charge < -0.3 is 0 Å². The van der Waals surface area contributed by atoms with Crippen molar-refractivity contribution in [2.75, 3.05) is 24.8 Å². The minimum Gasteiger partial charge on any atom is -0.271 e. The minimum atomic E-state index is -3.58. The third-order valence-corrected chi connectivity index (χ3v) is 5.20. The molecule has 5 nitrogen and oxygen atoms in total. The van der Waals surface area contributed by atoms with Crippen LogP contribution < -0.4 is 0 Å². The molecule has 1 rings (SSSR count). The number of aryl methyl sites for hydroxylation is 2. The van der Waals surface area contributed by atoms with E-state index in [9.17, 15) is 8.42 Å². The van der Waals surface area contributed by atoms with Gasteiger partial charge in [0.1, 0.15) is 4.90 Å². The van der Waals surface area contributed by atoms with E-state index >= 15 is 0 Å². The molecule has 0 atom stereocenters. The molecule has 0 radical (unpaired) electrons. The normalized spacial score (nSPS) is 12.3. The lowest BCUT2D eigenvalue weighted by molar-refractivity contribution is 0.447. The Bertz CT molecular complexity index is 507. The maximum atomic E-state index is 12.5. The number of alkyl halides is 2. The van der Waals surface area contributed by atoms with Crippen molar-refractivity contribution in [1.29, 1.82) is 0 Å². The van der Waals surface area contributed by atoms with Crippen LogP contribution >= 0.6 is 23.2 Å². The molecule has 1 heterocycles. The van der Waals surface area contributed by atoms with Crippen LogP contribution in [0.1, 0.15) is 11.4 Å². The van der Waals surface area contributed by atoms with E-state index in [-0.39, 0.29) is 29.7 Å². The van der Waals surface area contributed by atoms with Crippen molar-refractivity contribution < 1.29 is 8.42 Å². The Hall–Kier alpha value is -0.300. The van der Waals surface area contributed by atoms with Crippen LogP contribution in [-0.2, 0) is 17.1 Å². The van der Waals surface area contributed by atoms with Crippen molar-refractivity contribution >= 4 is 33.2 Å². The first-order valence-corrected chi connectivity index (χ1v) is 7.99. The predicted molar refractivity (Wildman–Crippen MR) is 72.9 cm³/mol. The second kappa shape index (κ2) is 6.23. The summed E-state index contributed by atoms with van der Waals surface area (Å²) in [6.07, 6.45) is 0. The van der Waals surface area contributed by atoms with Gasteiger partial charge in [-0.25, -0.2) is 8.42 Å². The Labute approximate surface area is 118 Å². The first kappa shape index (κ1) is 15.8. The number of aromatic nitrogens is 2. The van der Waals surface area contributed by atoms with Crippen LogP contribution in [0.15, 0.2) is 4.90 Å². The van der Waals surface area contributed by atoms with Gasteiger partial charge in [0.2, 0.25) is 10.0 Å². The summed E-state index contributed by atoms with van der Waals surface area (Å²) in [5.41, 5.74) is 1.10. The quantitative estimate of drug-likeness (QED) is 0.748. The van der Waals surface area contributed by atoms with Crippen LogP contribution in [0.5, 0.6) is 0 Å². The third-order valence-electron chi connectivity index (χ3n) is 2.71. The molecule has 0 aliphatic rings. The van der Waals surface area contributed by atoms with Gasteiger partial charge >= 0.3 is 0 Å². The van der Waals surface area contributed by atoms with Crippen molar-refractivity contribution in [1.82, 2.24) is 14.1 Å². The molecule has 0 N–H and O–H groups in total. The highest BCUT2D eigenvalue weighted by Gasteiger charge is 2.29. The van der Waals surface area contributed by atoms with Crippen LogP contribution in [0.25, 0.3) is 0 Å². The number of hydrogen-bond donors (Lipinski definition) is 0. The molecule has 1 aromatic heterocycles. The fourth-order valence-corrected chi connectivity index (χ4v) is 4.25. The Morgan fingerprint density at radius 2 is 1.72 bits per heavy atom. The highest BCUT2D eigenvalue weighted by molar-refractivity contribution is 7.89. The van der Waals surface area contributed by atoms with Gasteiger partial charge in [0, 0.05) is 31.9 Å². The third kappa shape index (κ3) is 2.99. The average Bonchev–Trinajstić information content (AvgIpc) is 2.53. The van der Waals surface area contributed by atoms with Gasteiger partial charge in [-0.2, -0.15) is 9.40 Å². The lowest BCUT2D eigenvalue weighted by Crippen LogP contribution is -2.35. The molecule has 0 unspecified atom stereocenters. The standard InChI is InChI=1S/C10H17Cl2N3O2S/c1-8-10(9(2)14(3)13-8)18(16,17)15(6-4-11)7-5-12/h4-7H2,1-3H3. The SMILES string of the molecule is Cc1nn(C)c(C)c1S(=O)(=O)N(CCCl)CCCl. The van der Waals surface area contributed by atoms with Crippen LogP contribution in [-0.4, -0.2) is 47.4 Å². The summed E-state index contributed by atoms with van der Waals surface area (Å²) in [6.45, 7) is 3.89. The number of halogens is 2. The second-order valence-electron chi connectivity index (χ2n) is 3.91. The molecular formula is C10H17Cl2N3O2S. The zero-order valence-electron chi connectivity index (χ0n) is 10.7. The Balaban J connectivity index is 3.26. The molecule has 0 aromatic carbocycles. The minimum absolute atomic E-state index is 0.231. The average molecular weight is 314 g/mol. The number of hydrogen-bond acceptors (Lipinski definition) is 3. The maximum Gasteiger partial charge on any atom is 0.246 e. The summed E-state index contributed by atoms with van der Waals surface area (Å²) in [6, 6.07) is 0. The predicted octanol–water partition coefficient (Wildman–Crippen LogP) is 1.51. The first-order valence-electron chi connectivity index (χ1n) is 5.48. The summed E-state index contributed by atoms with van der Waals surface area (Å²) in [4.78, 5) is 0.250. The molecule has 0 spiro atoms. The number of rotatable bonds is 6. The molecule has 104 valence electrons. The zero-order chi connectivity index (χ0) is 13.9. The van der Waals surface area contributed by atoms with E-state index in [1.165, 1.54) is 4.31 Å². The summed E-state index contributed by atoms with van der Waals surface area (Å²) in [7, 11) is -1.87. The van der Waals surface area contributed by atoms with Crippen molar-refractivity contribution in [3.05, 3.63) is 11.4 Å². The van der Waals surface area contributed by atoms with Crippen molar-refractivity contribution in [2.45, 2.75) is 18.7 Å². The van der Waals surface area contributed by atoms with E-state index in [2.05, 4.69) is 5.10 Å². The Morgan fingerprint density at radius 3 is 2.06 bits per heavy atom. The molecule has 18 heavy (non-hydrogen) atoms. The molecule has 8 heteroatoms. The van der Waals surface area contributed by atoms with E-state index in [0.717, 1.165) is 0 Å². The molecule has 1 aromatic rings. The molecule has 0 saturated carbocycles. The van der Waals surface area contributed by atoms with Gasteiger partial charge in [0.25, 0.3) is 0 Å². The van der Waals surface area contributed by atoms with Crippen LogP contribution in [0.3, 0.4) is 0 Å². The number of nitrogens with zero attached hydrogens (tertiary/aromatic N) is 3. The fraction of sp³-hybridized carbons (Fsp3) is 0.700. The smallest absolute Gasteiger partial charge is 0.246 e. The Morgan fingerprint density at radius 1 is 1.22 bits per heavy atom. The van der Waals surface area contributed by atoms with Gasteiger partial charge in [-0.05, 0) is 13.8 Å². The van der Waals surface area contributed by atoms with Gasteiger partial charge in [-0.15, -0.1) is 23.2 Å².